The highest BCUT2D eigenvalue weighted by Gasteiger charge is 2.25. The SMILES string of the molecule is COc1ccc(C(=O)N2CCN(C(=O)c3csc(Br)c3)CC2)cc1. The normalized spacial score (nSPS) is 14.6. The highest BCUT2D eigenvalue weighted by Crippen LogP contribution is 2.22. The van der Waals surface area contributed by atoms with Crippen LogP contribution in [0.4, 0.5) is 0 Å². The van der Waals surface area contributed by atoms with E-state index in [0.29, 0.717) is 37.3 Å². The van der Waals surface area contributed by atoms with Gasteiger partial charge in [-0.25, -0.2) is 0 Å². The number of hydrogen-bond donors (Lipinski definition) is 0. The zero-order valence-corrected chi connectivity index (χ0v) is 15.6. The van der Waals surface area contributed by atoms with E-state index in [1.165, 1.54) is 11.3 Å². The van der Waals surface area contributed by atoms with E-state index < -0.39 is 0 Å². The lowest BCUT2D eigenvalue weighted by Crippen LogP contribution is -2.50. The van der Waals surface area contributed by atoms with Crippen molar-refractivity contribution in [3.63, 3.8) is 0 Å². The molecule has 1 aliphatic heterocycles. The third-order valence-corrected chi connectivity index (χ3v) is 5.51. The number of piperazine rings is 1. The maximum absolute atomic E-state index is 12.5. The molecule has 0 spiro atoms. The van der Waals surface area contributed by atoms with E-state index in [9.17, 15) is 9.59 Å². The number of methoxy groups -OCH3 is 1. The first-order chi connectivity index (χ1) is 11.6. The highest BCUT2D eigenvalue weighted by molar-refractivity contribution is 9.11. The summed E-state index contributed by atoms with van der Waals surface area (Å²) in [6.07, 6.45) is 0. The lowest BCUT2D eigenvalue weighted by atomic mass is 10.1. The maximum atomic E-state index is 12.5. The fourth-order valence-electron chi connectivity index (χ4n) is 2.63. The molecule has 1 aliphatic rings. The molecule has 0 radical (unpaired) electrons. The third-order valence-electron chi connectivity index (χ3n) is 4.01. The Labute approximate surface area is 153 Å². The number of carbonyl (C=O) groups excluding carboxylic acids is 2. The lowest BCUT2D eigenvalue weighted by Gasteiger charge is -2.34. The molecule has 0 bridgehead atoms. The van der Waals surface area contributed by atoms with Gasteiger partial charge >= 0.3 is 0 Å². The molecule has 126 valence electrons. The van der Waals surface area contributed by atoms with Crippen LogP contribution >= 0.6 is 27.3 Å². The molecule has 1 aromatic heterocycles. The summed E-state index contributed by atoms with van der Waals surface area (Å²) in [6, 6.07) is 8.92. The fourth-order valence-corrected chi connectivity index (χ4v) is 3.76. The number of benzene rings is 1. The molecule has 24 heavy (non-hydrogen) atoms. The van der Waals surface area contributed by atoms with Gasteiger partial charge in [0.25, 0.3) is 11.8 Å². The first-order valence-electron chi connectivity index (χ1n) is 7.55. The van der Waals surface area contributed by atoms with Gasteiger partial charge in [-0.15, -0.1) is 11.3 Å². The summed E-state index contributed by atoms with van der Waals surface area (Å²) in [4.78, 5) is 28.5. The van der Waals surface area contributed by atoms with E-state index in [2.05, 4.69) is 15.9 Å². The topological polar surface area (TPSA) is 49.9 Å². The summed E-state index contributed by atoms with van der Waals surface area (Å²) < 4.78 is 6.05. The van der Waals surface area contributed by atoms with Crippen molar-refractivity contribution in [1.29, 1.82) is 0 Å². The Hall–Kier alpha value is -1.86. The van der Waals surface area contributed by atoms with Gasteiger partial charge in [-0.1, -0.05) is 0 Å². The second kappa shape index (κ2) is 7.36. The Bertz CT molecular complexity index is 737. The molecule has 0 unspecified atom stereocenters. The highest BCUT2D eigenvalue weighted by atomic mass is 79.9. The Kier molecular flexibility index (Phi) is 5.20. The predicted molar refractivity (Wildman–Crippen MR) is 96.8 cm³/mol. The smallest absolute Gasteiger partial charge is 0.254 e. The van der Waals surface area contributed by atoms with Gasteiger partial charge < -0.3 is 14.5 Å². The van der Waals surface area contributed by atoms with Crippen molar-refractivity contribution in [2.24, 2.45) is 0 Å². The zero-order chi connectivity index (χ0) is 17.1. The molecule has 0 aliphatic carbocycles. The lowest BCUT2D eigenvalue weighted by molar-refractivity contribution is 0.0535. The second-order valence-electron chi connectivity index (χ2n) is 5.45. The fraction of sp³-hybridized carbons (Fsp3) is 0.294. The van der Waals surface area contributed by atoms with Crippen LogP contribution in [0.3, 0.4) is 0 Å². The number of ether oxygens (including phenoxy) is 1. The summed E-state index contributed by atoms with van der Waals surface area (Å²) in [7, 11) is 1.60. The van der Waals surface area contributed by atoms with Crippen LogP contribution < -0.4 is 4.74 Å². The van der Waals surface area contributed by atoms with Crippen molar-refractivity contribution in [2.75, 3.05) is 33.3 Å². The molecule has 0 atom stereocenters. The van der Waals surface area contributed by atoms with Crippen LogP contribution in [0.5, 0.6) is 5.75 Å². The summed E-state index contributed by atoms with van der Waals surface area (Å²) in [5.41, 5.74) is 1.33. The van der Waals surface area contributed by atoms with E-state index in [0.717, 1.165) is 9.54 Å². The number of amides is 2. The van der Waals surface area contributed by atoms with Gasteiger partial charge in [-0.05, 0) is 46.3 Å². The number of hydrogen-bond acceptors (Lipinski definition) is 4. The molecular weight excluding hydrogens is 392 g/mol. The van der Waals surface area contributed by atoms with E-state index in [1.54, 1.807) is 41.2 Å². The third kappa shape index (κ3) is 3.62. The molecule has 2 aromatic rings. The molecular formula is C17H17BrN2O3S. The van der Waals surface area contributed by atoms with Crippen LogP contribution in [0, 0.1) is 0 Å². The van der Waals surface area contributed by atoms with Crippen LogP contribution in [0.15, 0.2) is 39.5 Å². The van der Waals surface area contributed by atoms with E-state index in [-0.39, 0.29) is 11.8 Å². The molecule has 0 saturated carbocycles. The Morgan fingerprint density at radius 3 is 2.00 bits per heavy atom. The summed E-state index contributed by atoms with van der Waals surface area (Å²) in [5.74, 6) is 0.736. The molecule has 1 fully saturated rings. The first kappa shape index (κ1) is 17.0. The van der Waals surface area contributed by atoms with Crippen LogP contribution in [0.1, 0.15) is 20.7 Å². The van der Waals surface area contributed by atoms with Crippen LogP contribution in [-0.4, -0.2) is 54.9 Å². The summed E-state index contributed by atoms with van der Waals surface area (Å²) in [6.45, 7) is 2.19. The van der Waals surface area contributed by atoms with Crippen LogP contribution in [0.25, 0.3) is 0 Å². The second-order valence-corrected chi connectivity index (χ2v) is 7.74. The monoisotopic (exact) mass is 408 g/mol. The molecule has 5 nitrogen and oxygen atoms in total. The number of nitrogens with zero attached hydrogens (tertiary/aromatic N) is 2. The van der Waals surface area contributed by atoms with Crippen LogP contribution in [-0.2, 0) is 0 Å². The van der Waals surface area contributed by atoms with Gasteiger partial charge in [-0.2, -0.15) is 0 Å². The van der Waals surface area contributed by atoms with Gasteiger partial charge in [0.1, 0.15) is 5.75 Å². The quantitative estimate of drug-likeness (QED) is 0.783. The molecule has 7 heteroatoms. The van der Waals surface area contributed by atoms with Gasteiger partial charge in [0.2, 0.25) is 0 Å². The van der Waals surface area contributed by atoms with Crippen molar-refractivity contribution >= 4 is 39.1 Å². The van der Waals surface area contributed by atoms with Gasteiger partial charge in [-0.3, -0.25) is 9.59 Å². The van der Waals surface area contributed by atoms with Crippen molar-refractivity contribution in [1.82, 2.24) is 9.80 Å². The maximum Gasteiger partial charge on any atom is 0.254 e. The van der Waals surface area contributed by atoms with Crippen molar-refractivity contribution in [2.45, 2.75) is 0 Å². The Balaban J connectivity index is 1.59. The van der Waals surface area contributed by atoms with E-state index in [4.69, 9.17) is 4.74 Å². The van der Waals surface area contributed by atoms with Gasteiger partial charge in [0.15, 0.2) is 0 Å². The van der Waals surface area contributed by atoms with Gasteiger partial charge in [0, 0.05) is 37.1 Å². The summed E-state index contributed by atoms with van der Waals surface area (Å²) in [5, 5.41) is 1.85. The average Bonchev–Trinajstić information content (AvgIpc) is 3.07. The van der Waals surface area contributed by atoms with Crippen LogP contribution in [0.2, 0.25) is 0 Å². The van der Waals surface area contributed by atoms with Crippen molar-refractivity contribution in [3.8, 4) is 5.75 Å². The minimum atomic E-state index is -0.0111. The Morgan fingerprint density at radius 1 is 1.00 bits per heavy atom. The van der Waals surface area contributed by atoms with Gasteiger partial charge in [0.05, 0.1) is 16.5 Å². The van der Waals surface area contributed by atoms with E-state index >= 15 is 0 Å². The van der Waals surface area contributed by atoms with Crippen molar-refractivity contribution < 1.29 is 14.3 Å². The summed E-state index contributed by atoms with van der Waals surface area (Å²) >= 11 is 4.87. The number of halogens is 1. The average molecular weight is 409 g/mol. The molecule has 3 rings (SSSR count). The molecule has 1 saturated heterocycles. The zero-order valence-electron chi connectivity index (χ0n) is 13.2. The molecule has 2 heterocycles. The minimum absolute atomic E-state index is 0.0111. The molecule has 0 N–H and O–H groups in total. The molecule has 1 aromatic carbocycles. The Morgan fingerprint density at radius 2 is 1.54 bits per heavy atom. The number of rotatable bonds is 3. The first-order valence-corrected chi connectivity index (χ1v) is 9.22. The number of thiophene rings is 1. The van der Waals surface area contributed by atoms with E-state index in [1.807, 2.05) is 11.4 Å². The molecule has 2 amide bonds. The minimum Gasteiger partial charge on any atom is -0.497 e. The predicted octanol–water partition coefficient (Wildman–Crippen LogP) is 3.12. The largest absolute Gasteiger partial charge is 0.497 e. The standard InChI is InChI=1S/C17H17BrN2O3S/c1-23-14-4-2-12(3-5-14)16(21)19-6-8-20(9-7-19)17(22)13-10-15(18)24-11-13/h2-5,10-11H,6-9H2,1H3. The van der Waals surface area contributed by atoms with Crippen molar-refractivity contribution in [3.05, 3.63) is 50.6 Å². The number of carbonyl (C=O) groups is 2.